The molecule has 9 aromatic carbocycles. The van der Waals surface area contributed by atoms with Gasteiger partial charge in [-0.1, -0.05) is 146 Å². The fourth-order valence-electron chi connectivity index (χ4n) is 9.53. The monoisotopic (exact) mass is 795 g/mol. The van der Waals surface area contributed by atoms with Gasteiger partial charge in [0.1, 0.15) is 22.3 Å². The first kappa shape index (κ1) is 36.0. The second-order valence-electron chi connectivity index (χ2n) is 16.6. The molecule has 1 aliphatic carbocycles. The van der Waals surface area contributed by atoms with E-state index in [4.69, 9.17) is 8.83 Å². The molecular formula is C59H41NO2. The quantitative estimate of drug-likeness (QED) is 0.161. The van der Waals surface area contributed by atoms with Crippen molar-refractivity contribution in [3.05, 3.63) is 217 Å². The van der Waals surface area contributed by atoms with Crippen LogP contribution < -0.4 is 4.90 Å². The van der Waals surface area contributed by atoms with E-state index in [-0.39, 0.29) is 0 Å². The summed E-state index contributed by atoms with van der Waals surface area (Å²) in [5.41, 5.74) is 19.0. The summed E-state index contributed by atoms with van der Waals surface area (Å²) in [5, 5.41) is 4.50. The highest BCUT2D eigenvalue weighted by Crippen LogP contribution is 2.44. The zero-order valence-electron chi connectivity index (χ0n) is 34.3. The average molecular weight is 796 g/mol. The molecule has 0 aliphatic heterocycles. The smallest absolute Gasteiger partial charge is 0.136 e. The third-order valence-electron chi connectivity index (χ3n) is 12.6. The molecule has 1 unspecified atom stereocenters. The SMILES string of the molecule is CC1C=Cc2cccc(-c3cccc(-c4ccc(N(c5ccc(-c6ccc7oc8ccccc8c7c6)cc5)c5ccccc5-c5ccc6c(c5)oc5ccccc56)cc4)c3)c2C1. The minimum atomic E-state index is 0.532. The van der Waals surface area contributed by atoms with Gasteiger partial charge in [0.25, 0.3) is 0 Å². The van der Waals surface area contributed by atoms with E-state index in [0.717, 1.165) is 89.6 Å². The van der Waals surface area contributed by atoms with Gasteiger partial charge < -0.3 is 13.7 Å². The summed E-state index contributed by atoms with van der Waals surface area (Å²) in [5.74, 6) is 0.532. The van der Waals surface area contributed by atoms with Crippen LogP contribution in [0.25, 0.3) is 94.5 Å². The predicted molar refractivity (Wildman–Crippen MR) is 259 cm³/mol. The Morgan fingerprint density at radius 2 is 0.952 bits per heavy atom. The van der Waals surface area contributed by atoms with Crippen LogP contribution in [-0.4, -0.2) is 0 Å². The van der Waals surface area contributed by atoms with E-state index < -0.39 is 0 Å². The zero-order chi connectivity index (χ0) is 41.1. The average Bonchev–Trinajstić information content (AvgIpc) is 3.90. The van der Waals surface area contributed by atoms with Crippen LogP contribution in [0.4, 0.5) is 17.1 Å². The third-order valence-corrected chi connectivity index (χ3v) is 12.6. The normalized spacial score (nSPS) is 13.6. The molecule has 2 aromatic heterocycles. The van der Waals surface area contributed by atoms with Gasteiger partial charge in [0, 0.05) is 38.5 Å². The Bertz CT molecular complexity index is 3510. The first-order chi connectivity index (χ1) is 30.6. The summed E-state index contributed by atoms with van der Waals surface area (Å²) in [6.45, 7) is 2.30. The van der Waals surface area contributed by atoms with Crippen LogP contribution in [0, 0.1) is 5.92 Å². The predicted octanol–water partition coefficient (Wildman–Crippen LogP) is 16.8. The molecule has 3 heteroatoms. The second-order valence-corrected chi connectivity index (χ2v) is 16.6. The van der Waals surface area contributed by atoms with Crippen molar-refractivity contribution in [2.24, 2.45) is 5.92 Å². The van der Waals surface area contributed by atoms with Gasteiger partial charge >= 0.3 is 0 Å². The Morgan fingerprint density at radius 1 is 0.403 bits per heavy atom. The lowest BCUT2D eigenvalue weighted by atomic mass is 9.85. The van der Waals surface area contributed by atoms with E-state index in [0.29, 0.717) is 5.92 Å². The van der Waals surface area contributed by atoms with Gasteiger partial charge in [0.15, 0.2) is 0 Å². The molecular weight excluding hydrogens is 755 g/mol. The van der Waals surface area contributed by atoms with Crippen LogP contribution in [0.2, 0.25) is 0 Å². The van der Waals surface area contributed by atoms with E-state index in [1.54, 1.807) is 0 Å². The molecule has 11 aromatic rings. The van der Waals surface area contributed by atoms with Crippen LogP contribution in [0.1, 0.15) is 18.1 Å². The second kappa shape index (κ2) is 14.7. The molecule has 0 fully saturated rings. The number of para-hydroxylation sites is 3. The summed E-state index contributed by atoms with van der Waals surface area (Å²) in [7, 11) is 0. The Balaban J connectivity index is 0.950. The van der Waals surface area contributed by atoms with Crippen LogP contribution in [0.5, 0.6) is 0 Å². The number of benzene rings is 9. The van der Waals surface area contributed by atoms with E-state index in [9.17, 15) is 0 Å². The Labute approximate surface area is 360 Å². The molecule has 0 saturated heterocycles. The number of furan rings is 2. The number of hydrogen-bond donors (Lipinski definition) is 0. The molecule has 294 valence electrons. The number of rotatable bonds is 7. The van der Waals surface area contributed by atoms with Crippen LogP contribution >= 0.6 is 0 Å². The molecule has 1 atom stereocenters. The fourth-order valence-corrected chi connectivity index (χ4v) is 9.53. The van der Waals surface area contributed by atoms with Crippen molar-refractivity contribution < 1.29 is 8.83 Å². The van der Waals surface area contributed by atoms with Crippen molar-refractivity contribution in [3.8, 4) is 44.5 Å². The zero-order valence-corrected chi connectivity index (χ0v) is 34.3. The van der Waals surface area contributed by atoms with Gasteiger partial charge in [0.05, 0.1) is 5.69 Å². The van der Waals surface area contributed by atoms with Crippen molar-refractivity contribution in [1.29, 1.82) is 0 Å². The molecule has 0 amide bonds. The topological polar surface area (TPSA) is 29.5 Å². The Morgan fingerprint density at radius 3 is 1.73 bits per heavy atom. The highest BCUT2D eigenvalue weighted by Gasteiger charge is 2.20. The maximum atomic E-state index is 6.39. The summed E-state index contributed by atoms with van der Waals surface area (Å²) in [6, 6.07) is 71.9. The van der Waals surface area contributed by atoms with E-state index in [2.05, 4.69) is 200 Å². The summed E-state index contributed by atoms with van der Waals surface area (Å²) >= 11 is 0. The Hall–Kier alpha value is -7.88. The van der Waals surface area contributed by atoms with Gasteiger partial charge in [0.2, 0.25) is 0 Å². The molecule has 12 rings (SSSR count). The molecule has 62 heavy (non-hydrogen) atoms. The molecule has 0 saturated carbocycles. The lowest BCUT2D eigenvalue weighted by Crippen LogP contribution is -2.11. The van der Waals surface area contributed by atoms with Crippen molar-refractivity contribution >= 4 is 67.0 Å². The molecule has 0 N–H and O–H groups in total. The molecule has 0 bridgehead atoms. The van der Waals surface area contributed by atoms with Crippen molar-refractivity contribution in [3.63, 3.8) is 0 Å². The summed E-state index contributed by atoms with van der Waals surface area (Å²) in [4.78, 5) is 2.37. The number of nitrogens with zero attached hydrogens (tertiary/aromatic N) is 1. The maximum Gasteiger partial charge on any atom is 0.136 e. The third kappa shape index (κ3) is 6.21. The van der Waals surface area contributed by atoms with Gasteiger partial charge in [-0.05, 0) is 135 Å². The molecule has 2 heterocycles. The molecule has 0 spiro atoms. The van der Waals surface area contributed by atoms with Gasteiger partial charge in [-0.3, -0.25) is 0 Å². The lowest BCUT2D eigenvalue weighted by Gasteiger charge is -2.28. The molecule has 3 nitrogen and oxygen atoms in total. The minimum absolute atomic E-state index is 0.532. The molecule has 1 aliphatic rings. The first-order valence-electron chi connectivity index (χ1n) is 21.4. The number of hydrogen-bond acceptors (Lipinski definition) is 3. The van der Waals surface area contributed by atoms with E-state index in [1.807, 2.05) is 24.3 Å². The number of anilines is 3. The summed E-state index contributed by atoms with van der Waals surface area (Å²) in [6.07, 6.45) is 5.66. The number of fused-ring (bicyclic) bond motifs is 7. The number of allylic oxidation sites excluding steroid dienone is 1. The highest BCUT2D eigenvalue weighted by molar-refractivity contribution is 6.07. The lowest BCUT2D eigenvalue weighted by molar-refractivity contribution is 0.668. The van der Waals surface area contributed by atoms with Gasteiger partial charge in [-0.2, -0.15) is 0 Å². The van der Waals surface area contributed by atoms with Crippen LogP contribution in [-0.2, 0) is 6.42 Å². The summed E-state index contributed by atoms with van der Waals surface area (Å²) < 4.78 is 12.5. The standard InChI is InChI=1S/C59H41NO2/c1-38-20-21-41-10-9-16-48(53(41)34-38)44-12-8-11-42(35-44)39-22-28-46(29-23-39)60(47-30-24-40(25-31-47)43-27-33-58-54(36-43)51-15-4-7-19-57(51)61-58)55-17-5-2-13-49(55)45-26-32-52-50-14-3-6-18-56(50)62-59(52)37-45/h2-33,35-38H,34H2,1H3. The Kier molecular flexibility index (Phi) is 8.53. The van der Waals surface area contributed by atoms with Gasteiger partial charge in [-0.15, -0.1) is 0 Å². The maximum absolute atomic E-state index is 6.39. The van der Waals surface area contributed by atoms with Crippen molar-refractivity contribution in [1.82, 2.24) is 0 Å². The molecule has 0 radical (unpaired) electrons. The van der Waals surface area contributed by atoms with E-state index in [1.165, 1.54) is 33.4 Å². The first-order valence-corrected chi connectivity index (χ1v) is 21.4. The largest absolute Gasteiger partial charge is 0.456 e. The van der Waals surface area contributed by atoms with Crippen molar-refractivity contribution in [2.45, 2.75) is 13.3 Å². The minimum Gasteiger partial charge on any atom is -0.456 e. The highest BCUT2D eigenvalue weighted by atomic mass is 16.3. The van der Waals surface area contributed by atoms with Crippen LogP contribution in [0.15, 0.2) is 215 Å². The van der Waals surface area contributed by atoms with E-state index >= 15 is 0 Å². The van der Waals surface area contributed by atoms with Gasteiger partial charge in [-0.25, -0.2) is 0 Å². The van der Waals surface area contributed by atoms with Crippen LogP contribution in [0.3, 0.4) is 0 Å². The fraction of sp³-hybridized carbons (Fsp3) is 0.0508. The van der Waals surface area contributed by atoms with Crippen molar-refractivity contribution in [2.75, 3.05) is 4.90 Å².